The highest BCUT2D eigenvalue weighted by molar-refractivity contribution is 5.63. The molecule has 2 aromatic rings. The minimum atomic E-state index is -1.59. The highest BCUT2D eigenvalue weighted by Crippen LogP contribution is 2.35. The Morgan fingerprint density at radius 2 is 0.853 bits per heavy atom. The van der Waals surface area contributed by atoms with Crippen LogP contribution >= 0.6 is 0 Å². The predicted molar refractivity (Wildman–Crippen MR) is 125 cm³/mol. The topological polar surface area (TPSA) is 242 Å². The second-order valence-corrected chi connectivity index (χ2v) is 6.27. The van der Waals surface area contributed by atoms with E-state index in [1.54, 1.807) is 48.5 Å². The Morgan fingerprint density at radius 1 is 0.647 bits per heavy atom. The first kappa shape index (κ1) is 34.5. The number of anilines is 2. The molecule has 0 radical (unpaired) electrons. The van der Waals surface area contributed by atoms with Gasteiger partial charge in [-0.25, -0.2) is 0 Å². The summed E-state index contributed by atoms with van der Waals surface area (Å²) in [5, 5.41) is 50.0. The molecule has 0 saturated carbocycles. The number of aliphatic carboxylic acids is 4. The van der Waals surface area contributed by atoms with E-state index in [1.165, 1.54) is 0 Å². The largest absolute Gasteiger partial charge is 0.481 e. The number of aliphatic hydroxyl groups excluding tert-OH is 1. The molecule has 0 aliphatic rings. The predicted octanol–water partition coefficient (Wildman–Crippen LogP) is 1.44. The summed E-state index contributed by atoms with van der Waals surface area (Å²) in [5.74, 6) is -3.33. The standard InChI is InChI=1S/C14H16N2O2.4C2H4O2/c15-12-7-3-1-5-10(12)14(18,9-17)11-6-2-4-8-13(11)16;4*1-2(3)4/h1-8,17-18H,9,15-16H2;4*1H3,(H,3,4). The van der Waals surface area contributed by atoms with Gasteiger partial charge in [-0.3, -0.25) is 19.2 Å². The van der Waals surface area contributed by atoms with Gasteiger partial charge in [-0.1, -0.05) is 36.4 Å². The van der Waals surface area contributed by atoms with E-state index in [0.717, 1.165) is 27.7 Å². The number of hydrogen-bond acceptors (Lipinski definition) is 8. The highest BCUT2D eigenvalue weighted by atomic mass is 16.4. The second-order valence-electron chi connectivity index (χ2n) is 6.27. The Bertz CT molecular complexity index is 807. The molecule has 0 aliphatic carbocycles. The van der Waals surface area contributed by atoms with E-state index < -0.39 is 36.1 Å². The van der Waals surface area contributed by atoms with Crippen LogP contribution in [0.15, 0.2) is 48.5 Å². The normalized spacial score (nSPS) is 9.00. The van der Waals surface area contributed by atoms with E-state index in [9.17, 15) is 10.2 Å². The van der Waals surface area contributed by atoms with Crippen LogP contribution in [-0.4, -0.2) is 61.1 Å². The first-order valence-corrected chi connectivity index (χ1v) is 9.34. The Morgan fingerprint density at radius 3 is 1.03 bits per heavy atom. The summed E-state index contributed by atoms with van der Waals surface area (Å²) in [6, 6.07) is 13.8. The van der Waals surface area contributed by atoms with Gasteiger partial charge in [0.05, 0.1) is 6.61 Å². The molecule has 2 rings (SSSR count). The van der Waals surface area contributed by atoms with Gasteiger partial charge in [0.2, 0.25) is 0 Å². The number of carboxylic acid groups (broad SMARTS) is 4. The summed E-state index contributed by atoms with van der Waals surface area (Å²) in [6.45, 7) is 3.84. The summed E-state index contributed by atoms with van der Waals surface area (Å²) in [5.41, 5.74) is 11.9. The zero-order valence-corrected chi connectivity index (χ0v) is 19.3. The number of para-hydroxylation sites is 2. The lowest BCUT2D eigenvalue weighted by Crippen LogP contribution is -2.33. The van der Waals surface area contributed by atoms with Gasteiger partial charge in [-0.2, -0.15) is 0 Å². The zero-order chi connectivity index (χ0) is 27.5. The van der Waals surface area contributed by atoms with E-state index >= 15 is 0 Å². The van der Waals surface area contributed by atoms with Crippen LogP contribution in [0, 0.1) is 0 Å². The zero-order valence-electron chi connectivity index (χ0n) is 19.3. The van der Waals surface area contributed by atoms with Crippen LogP contribution in [0.5, 0.6) is 0 Å². The SMILES string of the molecule is CC(=O)O.CC(=O)O.CC(=O)O.CC(=O)O.Nc1ccccc1C(O)(CO)c1ccccc1N. The van der Waals surface area contributed by atoms with Gasteiger partial charge in [-0.05, 0) is 12.1 Å². The number of carboxylic acids is 4. The summed E-state index contributed by atoms with van der Waals surface area (Å²) in [4.78, 5) is 36.0. The van der Waals surface area contributed by atoms with Crippen molar-refractivity contribution >= 4 is 35.3 Å². The molecule has 0 atom stereocenters. The fraction of sp³-hybridized carbons (Fsp3) is 0.273. The third-order valence-electron chi connectivity index (χ3n) is 3.04. The van der Waals surface area contributed by atoms with E-state index in [-0.39, 0.29) is 0 Å². The van der Waals surface area contributed by atoms with Crippen LogP contribution in [0.3, 0.4) is 0 Å². The van der Waals surface area contributed by atoms with Crippen LogP contribution in [0.25, 0.3) is 0 Å². The molecule has 0 saturated heterocycles. The van der Waals surface area contributed by atoms with Crippen LogP contribution in [0.2, 0.25) is 0 Å². The van der Waals surface area contributed by atoms with Crippen molar-refractivity contribution in [2.45, 2.75) is 33.3 Å². The Hall–Kier alpha value is -4.16. The molecule has 0 spiro atoms. The van der Waals surface area contributed by atoms with Crippen molar-refractivity contribution in [2.75, 3.05) is 18.1 Å². The number of aliphatic hydroxyl groups is 2. The first-order valence-electron chi connectivity index (χ1n) is 9.34. The molecule has 0 aromatic heterocycles. The summed E-state index contributed by atoms with van der Waals surface area (Å²) in [7, 11) is 0. The van der Waals surface area contributed by atoms with E-state index in [2.05, 4.69) is 0 Å². The molecule has 10 N–H and O–H groups in total. The third kappa shape index (κ3) is 18.6. The third-order valence-corrected chi connectivity index (χ3v) is 3.04. The van der Waals surface area contributed by atoms with Crippen molar-refractivity contribution in [3.63, 3.8) is 0 Å². The van der Waals surface area contributed by atoms with Gasteiger partial charge in [-0.15, -0.1) is 0 Å². The lowest BCUT2D eigenvalue weighted by atomic mass is 9.85. The maximum Gasteiger partial charge on any atom is 0.300 e. The van der Waals surface area contributed by atoms with Gasteiger partial charge >= 0.3 is 0 Å². The monoisotopic (exact) mass is 484 g/mol. The van der Waals surface area contributed by atoms with Crippen LogP contribution in [0.1, 0.15) is 38.8 Å². The van der Waals surface area contributed by atoms with E-state index in [4.69, 9.17) is 51.1 Å². The van der Waals surface area contributed by atoms with E-state index in [1.807, 2.05) is 0 Å². The fourth-order valence-corrected chi connectivity index (χ4v) is 2.06. The average molecular weight is 485 g/mol. The number of benzene rings is 2. The summed E-state index contributed by atoms with van der Waals surface area (Å²) >= 11 is 0. The van der Waals surface area contributed by atoms with Gasteiger partial charge in [0.1, 0.15) is 5.60 Å². The molecule has 34 heavy (non-hydrogen) atoms. The molecule has 0 fully saturated rings. The smallest absolute Gasteiger partial charge is 0.300 e. The average Bonchev–Trinajstić information content (AvgIpc) is 2.66. The van der Waals surface area contributed by atoms with Crippen molar-refractivity contribution in [2.24, 2.45) is 0 Å². The van der Waals surface area contributed by atoms with Crippen molar-refractivity contribution in [1.29, 1.82) is 0 Å². The number of hydrogen-bond donors (Lipinski definition) is 8. The molecule has 0 aliphatic heterocycles. The van der Waals surface area contributed by atoms with Gasteiger partial charge in [0.15, 0.2) is 0 Å². The van der Waals surface area contributed by atoms with Crippen molar-refractivity contribution in [3.8, 4) is 0 Å². The molecule has 190 valence electrons. The van der Waals surface area contributed by atoms with Gasteiger partial charge < -0.3 is 42.1 Å². The molecule has 12 nitrogen and oxygen atoms in total. The maximum atomic E-state index is 10.7. The van der Waals surface area contributed by atoms with E-state index in [0.29, 0.717) is 22.5 Å². The minimum absolute atomic E-state index is 0.414. The Labute approximate surface area is 196 Å². The van der Waals surface area contributed by atoms with Crippen LogP contribution < -0.4 is 11.5 Å². The first-order chi connectivity index (χ1) is 15.5. The molecule has 0 heterocycles. The van der Waals surface area contributed by atoms with Crippen molar-refractivity contribution in [3.05, 3.63) is 59.7 Å². The van der Waals surface area contributed by atoms with Crippen LogP contribution in [0.4, 0.5) is 11.4 Å². The number of rotatable bonds is 3. The quantitative estimate of drug-likeness (QED) is 0.288. The van der Waals surface area contributed by atoms with Crippen LogP contribution in [-0.2, 0) is 24.8 Å². The Balaban J connectivity index is -0.000000492. The molecule has 2 aromatic carbocycles. The second kappa shape index (κ2) is 18.4. The number of nitrogens with two attached hydrogens (primary N) is 2. The number of carbonyl (C=O) groups is 4. The minimum Gasteiger partial charge on any atom is -0.481 e. The molecule has 0 bridgehead atoms. The Kier molecular flexibility index (Phi) is 18.7. The maximum absolute atomic E-state index is 10.7. The lowest BCUT2D eigenvalue weighted by molar-refractivity contribution is -0.135. The fourth-order valence-electron chi connectivity index (χ4n) is 2.06. The molecular weight excluding hydrogens is 452 g/mol. The highest BCUT2D eigenvalue weighted by Gasteiger charge is 2.34. The summed E-state index contributed by atoms with van der Waals surface area (Å²) < 4.78 is 0. The van der Waals surface area contributed by atoms with Crippen molar-refractivity contribution in [1.82, 2.24) is 0 Å². The molecule has 0 amide bonds. The van der Waals surface area contributed by atoms with Gasteiger partial charge in [0, 0.05) is 50.2 Å². The molecular formula is C22H32N2O10. The van der Waals surface area contributed by atoms with Crippen molar-refractivity contribution < 1.29 is 49.8 Å². The number of nitrogen functional groups attached to an aromatic ring is 2. The lowest BCUT2D eigenvalue weighted by Gasteiger charge is -2.29. The molecule has 0 unspecified atom stereocenters. The van der Waals surface area contributed by atoms with Gasteiger partial charge in [0.25, 0.3) is 23.9 Å². The summed E-state index contributed by atoms with van der Waals surface area (Å²) in [6.07, 6.45) is 0. The molecule has 12 heteroatoms.